The summed E-state index contributed by atoms with van der Waals surface area (Å²) in [5.41, 5.74) is 5.88. The fourth-order valence-corrected chi connectivity index (χ4v) is 5.68. The van der Waals surface area contributed by atoms with Crippen LogP contribution in [0.15, 0.2) is 70.9 Å². The van der Waals surface area contributed by atoms with Gasteiger partial charge in [0.2, 0.25) is 0 Å². The van der Waals surface area contributed by atoms with Crippen molar-refractivity contribution in [2.45, 2.75) is 13.5 Å². The van der Waals surface area contributed by atoms with Crippen molar-refractivity contribution in [2.24, 2.45) is 0 Å². The van der Waals surface area contributed by atoms with Gasteiger partial charge in [-0.2, -0.15) is 5.01 Å². The molecule has 2 aromatic heterocycles. The molecule has 0 spiro atoms. The molecule has 34 heavy (non-hydrogen) atoms. The van der Waals surface area contributed by atoms with Gasteiger partial charge >= 0.3 is 0 Å². The highest BCUT2D eigenvalue weighted by molar-refractivity contribution is 8.26. The Kier molecular flexibility index (Phi) is 6.07. The molecule has 0 bridgehead atoms. The molecule has 1 N–H and O–H groups in total. The van der Waals surface area contributed by atoms with E-state index in [1.807, 2.05) is 41.8 Å². The zero-order valence-electron chi connectivity index (χ0n) is 17.9. The van der Waals surface area contributed by atoms with E-state index < -0.39 is 0 Å². The molecular weight excluding hydrogens is 489 g/mol. The van der Waals surface area contributed by atoms with E-state index in [9.17, 15) is 14.0 Å². The Bertz CT molecular complexity index is 1470. The number of thioether (sulfide) groups is 1. The number of hydrogen-bond donors (Lipinski definition) is 1. The monoisotopic (exact) mass is 507 g/mol. The highest BCUT2D eigenvalue weighted by atomic mass is 32.2. The number of halogens is 1. The van der Waals surface area contributed by atoms with E-state index in [0.717, 1.165) is 38.9 Å². The summed E-state index contributed by atoms with van der Waals surface area (Å²) < 4.78 is 16.7. The van der Waals surface area contributed by atoms with Gasteiger partial charge in [0, 0.05) is 27.7 Å². The minimum Gasteiger partial charge on any atom is -0.340 e. The molecule has 3 heterocycles. The van der Waals surface area contributed by atoms with Gasteiger partial charge in [-0.15, -0.1) is 11.3 Å². The van der Waals surface area contributed by atoms with Crippen LogP contribution in [0.4, 0.5) is 4.39 Å². The largest absolute Gasteiger partial charge is 0.340 e. The van der Waals surface area contributed by atoms with Crippen molar-refractivity contribution in [2.75, 3.05) is 0 Å². The summed E-state index contributed by atoms with van der Waals surface area (Å²) in [6.07, 6.45) is 1.80. The smallest absolute Gasteiger partial charge is 0.285 e. The van der Waals surface area contributed by atoms with Crippen LogP contribution in [0.2, 0.25) is 0 Å². The first-order chi connectivity index (χ1) is 16.4. The summed E-state index contributed by atoms with van der Waals surface area (Å²) in [5.74, 6) is -1.03. The fourth-order valence-electron chi connectivity index (χ4n) is 3.90. The van der Waals surface area contributed by atoms with Gasteiger partial charge in [0.05, 0.1) is 16.3 Å². The van der Waals surface area contributed by atoms with E-state index in [1.54, 1.807) is 35.7 Å². The van der Waals surface area contributed by atoms with E-state index in [2.05, 4.69) is 5.43 Å². The van der Waals surface area contributed by atoms with Crippen LogP contribution in [0.5, 0.6) is 0 Å². The van der Waals surface area contributed by atoms with Crippen LogP contribution in [0, 0.1) is 12.7 Å². The first-order valence-electron chi connectivity index (χ1n) is 10.4. The third-order valence-corrected chi connectivity index (χ3v) is 7.76. The molecule has 5 rings (SSSR count). The standard InChI is InChI=1S/C25H18FN3O2S3/c1-15-18(13-22-24(31)29(25(32)34-22)27-23(30)21-11-6-12-33-21)17-8-3-5-10-20(17)28(15)14-16-7-2-4-9-19(16)26/h2-13H,14H2,1H3,(H,27,30)/b22-13-. The molecule has 5 nitrogen and oxygen atoms in total. The lowest BCUT2D eigenvalue weighted by Crippen LogP contribution is -2.44. The molecule has 0 atom stereocenters. The molecule has 0 aliphatic carbocycles. The lowest BCUT2D eigenvalue weighted by Gasteiger charge is -2.14. The number of para-hydroxylation sites is 1. The minimum absolute atomic E-state index is 0.258. The zero-order chi connectivity index (χ0) is 23.8. The summed E-state index contributed by atoms with van der Waals surface area (Å²) in [4.78, 5) is 26.4. The molecule has 0 radical (unpaired) electrons. The van der Waals surface area contributed by atoms with Crippen molar-refractivity contribution in [3.05, 3.63) is 98.5 Å². The summed E-state index contributed by atoms with van der Waals surface area (Å²) in [7, 11) is 0. The molecule has 0 saturated carbocycles. The minimum atomic E-state index is -0.384. The second-order valence-corrected chi connectivity index (χ2v) is 10.3. The van der Waals surface area contributed by atoms with Gasteiger partial charge in [0.1, 0.15) is 5.82 Å². The number of rotatable bonds is 5. The topological polar surface area (TPSA) is 54.3 Å². The van der Waals surface area contributed by atoms with E-state index in [0.29, 0.717) is 21.9 Å². The number of hydrogen-bond acceptors (Lipinski definition) is 5. The third kappa shape index (κ3) is 4.06. The molecular formula is C25H18FN3O2S3. The van der Waals surface area contributed by atoms with E-state index in [-0.39, 0.29) is 22.0 Å². The number of aromatic nitrogens is 1. The van der Waals surface area contributed by atoms with E-state index >= 15 is 0 Å². The quantitative estimate of drug-likeness (QED) is 0.276. The predicted molar refractivity (Wildman–Crippen MR) is 139 cm³/mol. The van der Waals surface area contributed by atoms with Crippen LogP contribution in [0.25, 0.3) is 17.0 Å². The summed E-state index contributed by atoms with van der Waals surface area (Å²) >= 11 is 7.78. The fraction of sp³-hybridized carbons (Fsp3) is 0.0800. The van der Waals surface area contributed by atoms with Gasteiger partial charge in [0.15, 0.2) is 4.32 Å². The molecule has 2 aromatic carbocycles. The van der Waals surface area contributed by atoms with Crippen LogP contribution >= 0.6 is 35.3 Å². The number of thiocarbonyl (C=S) groups is 1. The van der Waals surface area contributed by atoms with Crippen LogP contribution in [0.3, 0.4) is 0 Å². The Morgan fingerprint density at radius 2 is 1.88 bits per heavy atom. The van der Waals surface area contributed by atoms with Crippen molar-refractivity contribution in [1.82, 2.24) is 15.0 Å². The Hall–Kier alpha value is -3.27. The maximum Gasteiger partial charge on any atom is 0.285 e. The van der Waals surface area contributed by atoms with Gasteiger partial charge in [-0.25, -0.2) is 4.39 Å². The molecule has 2 amide bonds. The van der Waals surface area contributed by atoms with Crippen molar-refractivity contribution < 1.29 is 14.0 Å². The predicted octanol–water partition coefficient (Wildman–Crippen LogP) is 5.74. The normalized spacial score (nSPS) is 15.0. The number of amides is 2. The average molecular weight is 508 g/mol. The Balaban J connectivity index is 1.50. The molecule has 1 saturated heterocycles. The van der Waals surface area contributed by atoms with Crippen LogP contribution in [-0.2, 0) is 11.3 Å². The number of nitrogens with one attached hydrogen (secondary N) is 1. The highest BCUT2D eigenvalue weighted by Crippen LogP contribution is 2.35. The highest BCUT2D eigenvalue weighted by Gasteiger charge is 2.34. The van der Waals surface area contributed by atoms with Gasteiger partial charge < -0.3 is 4.57 Å². The number of nitrogens with zero attached hydrogens (tertiary/aromatic N) is 2. The van der Waals surface area contributed by atoms with E-state index in [4.69, 9.17) is 12.2 Å². The molecule has 1 aliphatic heterocycles. The molecule has 170 valence electrons. The number of benzene rings is 2. The van der Waals surface area contributed by atoms with Gasteiger partial charge in [-0.3, -0.25) is 15.0 Å². The maximum absolute atomic E-state index is 14.4. The van der Waals surface area contributed by atoms with Crippen LogP contribution in [-0.4, -0.2) is 25.7 Å². The third-order valence-electron chi connectivity index (χ3n) is 5.59. The Labute approximate surface area is 208 Å². The number of fused-ring (bicyclic) bond motifs is 1. The van der Waals surface area contributed by atoms with E-state index in [1.165, 1.54) is 17.4 Å². The SMILES string of the molecule is Cc1c(/C=C2\SC(=S)N(NC(=O)c3cccs3)C2=O)c2ccccc2n1Cc1ccccc1F. The van der Waals surface area contributed by atoms with Crippen LogP contribution < -0.4 is 5.43 Å². The first kappa shape index (κ1) is 22.5. The number of carbonyl (C=O) groups excluding carboxylic acids is 2. The second kappa shape index (κ2) is 9.17. The van der Waals surface area contributed by atoms with Crippen molar-refractivity contribution >= 4 is 68.4 Å². The number of thiophene rings is 1. The number of hydrazine groups is 1. The average Bonchev–Trinajstić information content (AvgIpc) is 3.52. The first-order valence-corrected chi connectivity index (χ1v) is 12.5. The van der Waals surface area contributed by atoms with Gasteiger partial charge in [-0.05, 0) is 48.8 Å². The molecule has 1 aliphatic rings. The maximum atomic E-state index is 14.4. The molecule has 1 fully saturated rings. The lowest BCUT2D eigenvalue weighted by molar-refractivity contribution is -0.123. The van der Waals surface area contributed by atoms with Crippen molar-refractivity contribution in [3.8, 4) is 0 Å². The zero-order valence-corrected chi connectivity index (χ0v) is 20.4. The summed E-state index contributed by atoms with van der Waals surface area (Å²) in [5, 5.41) is 3.85. The van der Waals surface area contributed by atoms with Gasteiger partial charge in [0.25, 0.3) is 11.8 Å². The number of carbonyl (C=O) groups is 2. The molecule has 0 unspecified atom stereocenters. The summed E-state index contributed by atoms with van der Waals surface area (Å²) in [6.45, 7) is 2.32. The van der Waals surface area contributed by atoms with Crippen molar-refractivity contribution in [1.29, 1.82) is 0 Å². The molecule has 4 aromatic rings. The molecule has 9 heteroatoms. The summed E-state index contributed by atoms with van der Waals surface area (Å²) in [6, 6.07) is 18.0. The lowest BCUT2D eigenvalue weighted by atomic mass is 10.1. The Morgan fingerprint density at radius 1 is 1.12 bits per heavy atom. The Morgan fingerprint density at radius 3 is 2.65 bits per heavy atom. The van der Waals surface area contributed by atoms with Gasteiger partial charge in [-0.1, -0.05) is 54.2 Å². The second-order valence-electron chi connectivity index (χ2n) is 7.63. The van der Waals surface area contributed by atoms with Crippen LogP contribution in [0.1, 0.15) is 26.5 Å². The van der Waals surface area contributed by atoms with Crippen molar-refractivity contribution in [3.63, 3.8) is 0 Å².